The summed E-state index contributed by atoms with van der Waals surface area (Å²) >= 11 is 0. The van der Waals surface area contributed by atoms with Crippen molar-refractivity contribution in [2.45, 2.75) is 52.4 Å². The largest absolute Gasteiger partial charge is 0.494 e. The summed E-state index contributed by atoms with van der Waals surface area (Å²) in [7, 11) is 0. The number of carbonyl (C=O) groups is 1. The van der Waals surface area contributed by atoms with Gasteiger partial charge in [-0.2, -0.15) is 0 Å². The fourth-order valence-electron chi connectivity index (χ4n) is 3.05. The number of ketones is 1. The summed E-state index contributed by atoms with van der Waals surface area (Å²) in [6.45, 7) is 6.57. The SMILES string of the molecule is CCOc1ccc(C(C)=O)c2c1C(CC)CCC2. The average Bonchev–Trinajstić information content (AvgIpc) is 2.38. The molecule has 0 amide bonds. The first-order valence-electron chi connectivity index (χ1n) is 6.98. The van der Waals surface area contributed by atoms with Gasteiger partial charge in [-0.25, -0.2) is 0 Å². The molecule has 0 saturated heterocycles. The maximum Gasteiger partial charge on any atom is 0.160 e. The van der Waals surface area contributed by atoms with E-state index in [4.69, 9.17) is 4.74 Å². The van der Waals surface area contributed by atoms with Gasteiger partial charge >= 0.3 is 0 Å². The van der Waals surface area contributed by atoms with Crippen LogP contribution in [0.5, 0.6) is 5.75 Å². The predicted molar refractivity (Wildman–Crippen MR) is 73.6 cm³/mol. The number of carbonyl (C=O) groups excluding carboxylic acids is 1. The zero-order valence-corrected chi connectivity index (χ0v) is 11.6. The van der Waals surface area contributed by atoms with Crippen molar-refractivity contribution in [2.24, 2.45) is 0 Å². The van der Waals surface area contributed by atoms with E-state index in [-0.39, 0.29) is 5.78 Å². The van der Waals surface area contributed by atoms with Crippen molar-refractivity contribution in [3.63, 3.8) is 0 Å². The van der Waals surface area contributed by atoms with Gasteiger partial charge in [-0.3, -0.25) is 4.79 Å². The van der Waals surface area contributed by atoms with Crippen molar-refractivity contribution in [3.8, 4) is 5.75 Å². The van der Waals surface area contributed by atoms with Crippen LogP contribution in [0.4, 0.5) is 0 Å². The van der Waals surface area contributed by atoms with Crippen LogP contribution in [-0.2, 0) is 6.42 Å². The van der Waals surface area contributed by atoms with Crippen molar-refractivity contribution in [2.75, 3.05) is 6.61 Å². The summed E-state index contributed by atoms with van der Waals surface area (Å²) in [6, 6.07) is 3.91. The van der Waals surface area contributed by atoms with Crippen molar-refractivity contribution in [1.29, 1.82) is 0 Å². The predicted octanol–water partition coefficient (Wildman–Crippen LogP) is 4.12. The molecule has 0 fully saturated rings. The minimum atomic E-state index is 0.172. The number of benzene rings is 1. The Bertz CT molecular complexity index is 449. The summed E-state index contributed by atoms with van der Waals surface area (Å²) < 4.78 is 5.76. The Labute approximate surface area is 109 Å². The van der Waals surface area contributed by atoms with Crippen molar-refractivity contribution < 1.29 is 9.53 Å². The Balaban J connectivity index is 2.57. The molecular formula is C16H22O2. The van der Waals surface area contributed by atoms with E-state index in [2.05, 4.69) is 6.92 Å². The first kappa shape index (κ1) is 13.1. The molecule has 0 spiro atoms. The van der Waals surface area contributed by atoms with E-state index in [9.17, 15) is 4.79 Å². The van der Waals surface area contributed by atoms with Gasteiger partial charge < -0.3 is 4.74 Å². The highest BCUT2D eigenvalue weighted by molar-refractivity contribution is 5.96. The molecule has 0 saturated carbocycles. The van der Waals surface area contributed by atoms with Crippen LogP contribution < -0.4 is 4.74 Å². The minimum Gasteiger partial charge on any atom is -0.494 e. The third kappa shape index (κ3) is 2.29. The van der Waals surface area contributed by atoms with E-state index >= 15 is 0 Å². The van der Waals surface area contributed by atoms with Crippen molar-refractivity contribution in [3.05, 3.63) is 28.8 Å². The van der Waals surface area contributed by atoms with E-state index in [1.54, 1.807) is 6.92 Å². The Kier molecular flexibility index (Phi) is 4.05. The molecule has 2 rings (SSSR count). The minimum absolute atomic E-state index is 0.172. The highest BCUT2D eigenvalue weighted by Gasteiger charge is 2.26. The topological polar surface area (TPSA) is 26.3 Å². The Morgan fingerprint density at radius 1 is 1.39 bits per heavy atom. The van der Waals surface area contributed by atoms with Gasteiger partial charge in [0.05, 0.1) is 6.61 Å². The van der Waals surface area contributed by atoms with Gasteiger partial charge in [-0.1, -0.05) is 6.92 Å². The summed E-state index contributed by atoms with van der Waals surface area (Å²) in [5, 5.41) is 0. The van der Waals surface area contributed by atoms with Gasteiger partial charge in [0.25, 0.3) is 0 Å². The van der Waals surface area contributed by atoms with Crippen LogP contribution in [0.1, 0.15) is 67.4 Å². The second kappa shape index (κ2) is 5.55. The quantitative estimate of drug-likeness (QED) is 0.747. The Morgan fingerprint density at radius 2 is 2.17 bits per heavy atom. The fourth-order valence-corrected chi connectivity index (χ4v) is 3.05. The van der Waals surface area contributed by atoms with Crippen molar-refractivity contribution in [1.82, 2.24) is 0 Å². The molecule has 2 nitrogen and oxygen atoms in total. The highest BCUT2D eigenvalue weighted by atomic mass is 16.5. The molecule has 1 aromatic carbocycles. The summed E-state index contributed by atoms with van der Waals surface area (Å²) in [5.74, 6) is 1.71. The molecule has 1 aromatic rings. The fraction of sp³-hybridized carbons (Fsp3) is 0.562. The first-order valence-corrected chi connectivity index (χ1v) is 6.98. The molecule has 1 aliphatic rings. The maximum atomic E-state index is 11.7. The van der Waals surface area contributed by atoms with E-state index in [0.29, 0.717) is 12.5 Å². The van der Waals surface area contributed by atoms with Gasteiger partial charge in [-0.05, 0) is 63.1 Å². The Hall–Kier alpha value is -1.31. The number of hydrogen-bond acceptors (Lipinski definition) is 2. The molecule has 1 atom stereocenters. The zero-order valence-electron chi connectivity index (χ0n) is 11.6. The summed E-state index contributed by atoms with van der Waals surface area (Å²) in [4.78, 5) is 11.7. The number of fused-ring (bicyclic) bond motifs is 1. The molecule has 0 aliphatic heterocycles. The summed E-state index contributed by atoms with van der Waals surface area (Å²) in [5.41, 5.74) is 3.44. The van der Waals surface area contributed by atoms with Crippen LogP contribution in [0.2, 0.25) is 0 Å². The second-order valence-electron chi connectivity index (χ2n) is 4.99. The van der Waals surface area contributed by atoms with Crippen LogP contribution in [0.3, 0.4) is 0 Å². The first-order chi connectivity index (χ1) is 8.69. The lowest BCUT2D eigenvalue weighted by atomic mass is 9.78. The number of hydrogen-bond donors (Lipinski definition) is 0. The van der Waals surface area contributed by atoms with E-state index < -0.39 is 0 Å². The Morgan fingerprint density at radius 3 is 2.78 bits per heavy atom. The lowest BCUT2D eigenvalue weighted by Gasteiger charge is -2.28. The zero-order chi connectivity index (χ0) is 13.1. The number of ether oxygens (including phenoxy) is 1. The lowest BCUT2D eigenvalue weighted by Crippen LogP contribution is -2.15. The lowest BCUT2D eigenvalue weighted by molar-refractivity contribution is 0.101. The van der Waals surface area contributed by atoms with Gasteiger partial charge in [0.1, 0.15) is 5.75 Å². The molecule has 0 bridgehead atoms. The van der Waals surface area contributed by atoms with Crippen LogP contribution >= 0.6 is 0 Å². The average molecular weight is 246 g/mol. The van der Waals surface area contributed by atoms with Gasteiger partial charge in [-0.15, -0.1) is 0 Å². The number of rotatable bonds is 4. The molecule has 2 heteroatoms. The molecule has 0 aromatic heterocycles. The molecular weight excluding hydrogens is 224 g/mol. The molecule has 98 valence electrons. The van der Waals surface area contributed by atoms with Crippen LogP contribution in [0, 0.1) is 0 Å². The van der Waals surface area contributed by atoms with E-state index in [1.807, 2.05) is 19.1 Å². The van der Waals surface area contributed by atoms with Gasteiger partial charge in [0.15, 0.2) is 5.78 Å². The highest BCUT2D eigenvalue weighted by Crippen LogP contribution is 2.41. The normalized spacial score (nSPS) is 18.3. The van der Waals surface area contributed by atoms with Gasteiger partial charge in [0, 0.05) is 11.1 Å². The monoisotopic (exact) mass is 246 g/mol. The third-order valence-electron chi connectivity index (χ3n) is 3.88. The molecule has 0 radical (unpaired) electrons. The molecule has 18 heavy (non-hydrogen) atoms. The smallest absolute Gasteiger partial charge is 0.160 e. The standard InChI is InChI=1S/C16H22O2/c1-4-12-7-6-8-14-13(11(3)17)9-10-15(16(12)14)18-5-2/h9-10,12H,4-8H2,1-3H3. The molecule has 1 unspecified atom stereocenters. The maximum absolute atomic E-state index is 11.7. The van der Waals surface area contributed by atoms with Crippen LogP contribution in [0.15, 0.2) is 12.1 Å². The third-order valence-corrected chi connectivity index (χ3v) is 3.88. The molecule has 0 heterocycles. The van der Waals surface area contributed by atoms with E-state index in [0.717, 1.165) is 24.2 Å². The molecule has 1 aliphatic carbocycles. The van der Waals surface area contributed by atoms with Gasteiger partial charge in [0.2, 0.25) is 0 Å². The van der Waals surface area contributed by atoms with Crippen LogP contribution in [0.25, 0.3) is 0 Å². The van der Waals surface area contributed by atoms with Crippen LogP contribution in [-0.4, -0.2) is 12.4 Å². The van der Waals surface area contributed by atoms with E-state index in [1.165, 1.54) is 24.0 Å². The second-order valence-corrected chi connectivity index (χ2v) is 4.99. The summed E-state index contributed by atoms with van der Waals surface area (Å²) in [6.07, 6.45) is 4.53. The number of Topliss-reactive ketones (excluding diaryl/α,β-unsaturated/α-hetero) is 1. The van der Waals surface area contributed by atoms with Crippen molar-refractivity contribution >= 4 is 5.78 Å². The molecule has 0 N–H and O–H groups in total.